The minimum absolute atomic E-state index is 0.262. The van der Waals surface area contributed by atoms with Crippen molar-refractivity contribution in [1.82, 2.24) is 9.62 Å². The number of hydrogen-bond donors (Lipinski definition) is 1. The SMILES string of the molecule is CCc1ccc(S(=O)(=O)N2CCC[C@@H](NC)C2)cc1. The van der Waals surface area contributed by atoms with Crippen LogP contribution in [0.5, 0.6) is 0 Å². The molecule has 0 saturated carbocycles. The van der Waals surface area contributed by atoms with Gasteiger partial charge in [0.25, 0.3) is 0 Å². The van der Waals surface area contributed by atoms with Crippen LogP contribution in [0.4, 0.5) is 0 Å². The lowest BCUT2D eigenvalue weighted by Crippen LogP contribution is -2.46. The first kappa shape index (κ1) is 14.5. The molecule has 0 bridgehead atoms. The van der Waals surface area contributed by atoms with Gasteiger partial charge in [-0.15, -0.1) is 0 Å². The van der Waals surface area contributed by atoms with Crippen molar-refractivity contribution in [2.24, 2.45) is 0 Å². The van der Waals surface area contributed by atoms with Crippen molar-refractivity contribution in [2.45, 2.75) is 37.1 Å². The highest BCUT2D eigenvalue weighted by molar-refractivity contribution is 7.89. The van der Waals surface area contributed by atoms with Crippen LogP contribution >= 0.6 is 0 Å². The summed E-state index contributed by atoms with van der Waals surface area (Å²) in [6.45, 7) is 3.25. The molecule has 1 aliphatic rings. The van der Waals surface area contributed by atoms with Crippen molar-refractivity contribution in [3.63, 3.8) is 0 Å². The zero-order valence-electron chi connectivity index (χ0n) is 11.6. The zero-order valence-corrected chi connectivity index (χ0v) is 12.4. The first-order valence-electron chi connectivity index (χ1n) is 6.84. The molecule has 2 rings (SSSR count). The second-order valence-electron chi connectivity index (χ2n) is 4.99. The van der Waals surface area contributed by atoms with E-state index in [0.29, 0.717) is 18.0 Å². The van der Waals surface area contributed by atoms with E-state index in [1.165, 1.54) is 0 Å². The standard InChI is InChI=1S/C14H22N2O2S/c1-3-12-6-8-14(9-7-12)19(17,18)16-10-4-5-13(11-16)15-2/h6-9,13,15H,3-5,10-11H2,1-2H3/t13-/m1/s1. The maximum atomic E-state index is 12.5. The van der Waals surface area contributed by atoms with Gasteiger partial charge in [0.1, 0.15) is 0 Å². The number of benzene rings is 1. The van der Waals surface area contributed by atoms with E-state index in [4.69, 9.17) is 0 Å². The van der Waals surface area contributed by atoms with Gasteiger partial charge in [0.05, 0.1) is 4.90 Å². The maximum Gasteiger partial charge on any atom is 0.243 e. The predicted molar refractivity (Wildman–Crippen MR) is 76.7 cm³/mol. The van der Waals surface area contributed by atoms with Crippen molar-refractivity contribution in [3.8, 4) is 0 Å². The minimum atomic E-state index is -3.34. The van der Waals surface area contributed by atoms with Gasteiger partial charge in [-0.3, -0.25) is 0 Å². The lowest BCUT2D eigenvalue weighted by Gasteiger charge is -2.31. The van der Waals surface area contributed by atoms with Gasteiger partial charge in [-0.25, -0.2) is 8.42 Å². The van der Waals surface area contributed by atoms with Gasteiger partial charge in [-0.2, -0.15) is 4.31 Å². The molecular weight excluding hydrogens is 260 g/mol. The van der Waals surface area contributed by atoms with E-state index in [1.54, 1.807) is 16.4 Å². The molecule has 106 valence electrons. The third-order valence-electron chi connectivity index (χ3n) is 3.76. The van der Waals surface area contributed by atoms with Crippen LogP contribution in [0.2, 0.25) is 0 Å². The van der Waals surface area contributed by atoms with Crippen molar-refractivity contribution >= 4 is 10.0 Å². The minimum Gasteiger partial charge on any atom is -0.316 e. The molecule has 0 spiro atoms. The van der Waals surface area contributed by atoms with Crippen LogP contribution < -0.4 is 5.32 Å². The fourth-order valence-corrected chi connectivity index (χ4v) is 3.97. The van der Waals surface area contributed by atoms with Crippen molar-refractivity contribution < 1.29 is 8.42 Å². The normalized spacial score (nSPS) is 21.5. The second-order valence-corrected chi connectivity index (χ2v) is 6.93. The summed E-state index contributed by atoms with van der Waals surface area (Å²) in [6, 6.07) is 7.49. The number of likely N-dealkylation sites (N-methyl/N-ethyl adjacent to an activating group) is 1. The number of aryl methyl sites for hydroxylation is 1. The third-order valence-corrected chi connectivity index (χ3v) is 5.64. The lowest BCUT2D eigenvalue weighted by atomic mass is 10.1. The summed E-state index contributed by atoms with van der Waals surface area (Å²) >= 11 is 0. The van der Waals surface area contributed by atoms with Gasteiger partial charge < -0.3 is 5.32 Å². The van der Waals surface area contributed by atoms with Gasteiger partial charge in [0, 0.05) is 19.1 Å². The zero-order chi connectivity index (χ0) is 13.9. The Morgan fingerprint density at radius 1 is 1.32 bits per heavy atom. The van der Waals surface area contributed by atoms with Crippen LogP contribution in [0.3, 0.4) is 0 Å². The van der Waals surface area contributed by atoms with E-state index in [1.807, 2.05) is 19.2 Å². The predicted octanol–water partition coefficient (Wildman–Crippen LogP) is 1.62. The topological polar surface area (TPSA) is 49.4 Å². The largest absolute Gasteiger partial charge is 0.316 e. The van der Waals surface area contributed by atoms with E-state index in [-0.39, 0.29) is 6.04 Å². The van der Waals surface area contributed by atoms with Crippen LogP contribution in [0.1, 0.15) is 25.3 Å². The van der Waals surface area contributed by atoms with Gasteiger partial charge in [-0.05, 0) is 44.0 Å². The maximum absolute atomic E-state index is 12.5. The Hall–Kier alpha value is -0.910. The van der Waals surface area contributed by atoms with Crippen molar-refractivity contribution in [1.29, 1.82) is 0 Å². The first-order valence-corrected chi connectivity index (χ1v) is 8.28. The molecule has 1 heterocycles. The Balaban J connectivity index is 2.20. The molecular formula is C14H22N2O2S. The molecule has 1 aromatic rings. The van der Waals surface area contributed by atoms with Crippen LogP contribution in [0, 0.1) is 0 Å². The molecule has 0 aromatic heterocycles. The van der Waals surface area contributed by atoms with E-state index in [9.17, 15) is 8.42 Å². The summed E-state index contributed by atoms with van der Waals surface area (Å²) in [4.78, 5) is 0.404. The van der Waals surface area contributed by atoms with Gasteiger partial charge in [0.2, 0.25) is 10.0 Å². The molecule has 19 heavy (non-hydrogen) atoms. The fraction of sp³-hybridized carbons (Fsp3) is 0.571. The van der Waals surface area contributed by atoms with Crippen LogP contribution in [-0.2, 0) is 16.4 Å². The van der Waals surface area contributed by atoms with Gasteiger partial charge >= 0.3 is 0 Å². The summed E-state index contributed by atoms with van der Waals surface area (Å²) in [5.74, 6) is 0. The summed E-state index contributed by atoms with van der Waals surface area (Å²) in [5.41, 5.74) is 1.16. The Morgan fingerprint density at radius 3 is 2.58 bits per heavy atom. The summed E-state index contributed by atoms with van der Waals surface area (Å²) in [5, 5.41) is 3.17. The summed E-state index contributed by atoms with van der Waals surface area (Å²) < 4.78 is 26.7. The van der Waals surface area contributed by atoms with Gasteiger partial charge in [0.15, 0.2) is 0 Å². The number of nitrogens with one attached hydrogen (secondary N) is 1. The van der Waals surface area contributed by atoms with Crippen molar-refractivity contribution in [3.05, 3.63) is 29.8 Å². The fourth-order valence-electron chi connectivity index (χ4n) is 2.44. The second kappa shape index (κ2) is 6.03. The molecule has 1 aliphatic heterocycles. The monoisotopic (exact) mass is 282 g/mol. The van der Waals surface area contributed by atoms with Crippen LogP contribution in [0.15, 0.2) is 29.2 Å². The molecule has 0 amide bonds. The molecule has 4 nitrogen and oxygen atoms in total. The Morgan fingerprint density at radius 2 is 2.00 bits per heavy atom. The molecule has 0 unspecified atom stereocenters. The number of hydrogen-bond acceptors (Lipinski definition) is 3. The molecule has 0 aliphatic carbocycles. The molecule has 1 saturated heterocycles. The number of piperidine rings is 1. The molecule has 1 aromatic carbocycles. The average Bonchev–Trinajstić information content (AvgIpc) is 2.47. The Kier molecular flexibility index (Phi) is 4.60. The third kappa shape index (κ3) is 3.16. The van der Waals surface area contributed by atoms with Crippen LogP contribution in [-0.4, -0.2) is 38.9 Å². The van der Waals surface area contributed by atoms with Crippen LogP contribution in [0.25, 0.3) is 0 Å². The highest BCUT2D eigenvalue weighted by atomic mass is 32.2. The number of sulfonamides is 1. The number of rotatable bonds is 4. The quantitative estimate of drug-likeness (QED) is 0.913. The smallest absolute Gasteiger partial charge is 0.243 e. The summed E-state index contributed by atoms with van der Waals surface area (Å²) in [6.07, 6.45) is 2.88. The van der Waals surface area contributed by atoms with E-state index >= 15 is 0 Å². The van der Waals surface area contributed by atoms with E-state index in [0.717, 1.165) is 24.8 Å². The highest BCUT2D eigenvalue weighted by Crippen LogP contribution is 2.21. The van der Waals surface area contributed by atoms with Gasteiger partial charge in [-0.1, -0.05) is 19.1 Å². The average molecular weight is 282 g/mol. The molecule has 1 fully saturated rings. The molecule has 1 N–H and O–H groups in total. The summed E-state index contributed by atoms with van der Waals surface area (Å²) in [7, 11) is -1.45. The molecule has 1 atom stereocenters. The Labute approximate surface area is 115 Å². The lowest BCUT2D eigenvalue weighted by molar-refractivity contribution is 0.293. The number of nitrogens with zero attached hydrogens (tertiary/aromatic N) is 1. The molecule has 5 heteroatoms. The Bertz CT molecular complexity index is 511. The van der Waals surface area contributed by atoms with E-state index in [2.05, 4.69) is 12.2 Å². The highest BCUT2D eigenvalue weighted by Gasteiger charge is 2.29. The first-order chi connectivity index (χ1) is 9.07. The van der Waals surface area contributed by atoms with Crippen molar-refractivity contribution in [2.75, 3.05) is 20.1 Å². The molecule has 0 radical (unpaired) electrons. The van der Waals surface area contributed by atoms with E-state index < -0.39 is 10.0 Å².